The van der Waals surface area contributed by atoms with Crippen molar-refractivity contribution in [2.24, 2.45) is 5.92 Å². The first-order chi connectivity index (χ1) is 8.70. The average Bonchev–Trinajstić information content (AvgIpc) is 2.39. The van der Waals surface area contributed by atoms with Crippen molar-refractivity contribution in [1.82, 2.24) is 0 Å². The molecule has 1 rings (SSSR count). The summed E-state index contributed by atoms with van der Waals surface area (Å²) in [7, 11) is -1.39. The largest absolute Gasteiger partial charge is 0.630 e. The van der Waals surface area contributed by atoms with E-state index >= 15 is 0 Å². The monoisotopic (exact) mass is 266 g/mol. The number of carbonyl (C=O) groups excluding carboxylic acids is 1. The predicted octanol–water partition coefficient (Wildman–Crippen LogP) is 3.22. The quantitative estimate of drug-likeness (QED) is 0.524. The van der Waals surface area contributed by atoms with E-state index in [0.29, 0.717) is 12.6 Å². The Labute approximate surface area is 111 Å². The van der Waals surface area contributed by atoms with Gasteiger partial charge in [0.05, 0.1) is 7.77 Å². The van der Waals surface area contributed by atoms with Gasteiger partial charge in [-0.05, 0) is 25.3 Å². The van der Waals surface area contributed by atoms with Gasteiger partial charge in [-0.25, -0.2) is 0 Å². The number of Topliss-reactive ketones (excluding diaryl/α,β-unsaturated/α-hetero) is 1. The molecule has 0 radical (unpaired) electrons. The zero-order valence-electron chi connectivity index (χ0n) is 11.4. The second kappa shape index (κ2) is 8.39. The number of hydrogen-bond donors (Lipinski definition) is 0. The van der Waals surface area contributed by atoms with Crippen LogP contribution in [0.3, 0.4) is 0 Å². The maximum absolute atomic E-state index is 12.3. The third kappa shape index (κ3) is 4.51. The molecule has 0 spiro atoms. The van der Waals surface area contributed by atoms with E-state index in [1.165, 1.54) is 0 Å². The Morgan fingerprint density at radius 1 is 1.28 bits per heavy atom. The second-order valence-electron chi connectivity index (χ2n) is 4.67. The second-order valence-corrected chi connectivity index (χ2v) is 6.39. The molecule has 0 N–H and O–H groups in total. The molecule has 1 aliphatic rings. The van der Waals surface area contributed by atoms with Gasteiger partial charge in [0.2, 0.25) is 0 Å². The Kier molecular flexibility index (Phi) is 7.15. The fourth-order valence-electron chi connectivity index (χ4n) is 2.08. The Hall–Kier alpha value is -0.720. The summed E-state index contributed by atoms with van der Waals surface area (Å²) in [5, 5.41) is 0.835. The highest BCUT2D eigenvalue weighted by molar-refractivity contribution is 7.52. The van der Waals surface area contributed by atoms with Crippen LogP contribution in [0.1, 0.15) is 46.0 Å². The standard InChI is InChI=1S/C15H23O2P/c1-3-5-8-12-18(17)15-11-7-6-10-13(15)14(16)9-4-2/h6-7,10-11,13H,3-5,8-9,12H2,1-2H3. The van der Waals surface area contributed by atoms with Gasteiger partial charge >= 0.3 is 0 Å². The summed E-state index contributed by atoms with van der Waals surface area (Å²) in [5.41, 5.74) is 0. The molecular formula is C15H23O2P. The third-order valence-corrected chi connectivity index (χ3v) is 4.82. The number of ketones is 1. The zero-order chi connectivity index (χ0) is 13.4. The highest BCUT2D eigenvalue weighted by atomic mass is 31.1. The molecule has 0 aromatic carbocycles. The highest BCUT2D eigenvalue weighted by Gasteiger charge is 2.25. The Bertz CT molecular complexity index is 367. The summed E-state index contributed by atoms with van der Waals surface area (Å²) in [4.78, 5) is 24.3. The average molecular weight is 266 g/mol. The van der Waals surface area contributed by atoms with Crippen LogP contribution in [0.5, 0.6) is 0 Å². The van der Waals surface area contributed by atoms with Crippen LogP contribution >= 0.6 is 7.77 Å². The summed E-state index contributed by atoms with van der Waals surface area (Å²) in [6, 6.07) is 0. The SMILES string of the molecule is CCCCC/[P+]([O-])=C1/C=CC=CC1C(=O)CCC. The minimum absolute atomic E-state index is 0.201. The van der Waals surface area contributed by atoms with Crippen molar-refractivity contribution in [2.75, 3.05) is 6.16 Å². The van der Waals surface area contributed by atoms with Gasteiger partial charge in [-0.1, -0.05) is 38.5 Å². The number of hydrogen-bond acceptors (Lipinski definition) is 2. The molecule has 3 heteroatoms. The molecule has 0 bridgehead atoms. The van der Waals surface area contributed by atoms with E-state index < -0.39 is 7.77 Å². The minimum Gasteiger partial charge on any atom is -0.630 e. The lowest BCUT2D eigenvalue weighted by Crippen LogP contribution is -2.23. The number of carbonyl (C=O) groups is 1. The van der Waals surface area contributed by atoms with Gasteiger partial charge in [0.15, 0.2) is 0 Å². The van der Waals surface area contributed by atoms with Crippen molar-refractivity contribution < 1.29 is 9.69 Å². The van der Waals surface area contributed by atoms with Crippen molar-refractivity contribution in [1.29, 1.82) is 0 Å². The van der Waals surface area contributed by atoms with Gasteiger partial charge < -0.3 is 4.89 Å². The molecule has 0 aliphatic heterocycles. The molecule has 100 valence electrons. The summed E-state index contributed by atoms with van der Waals surface area (Å²) in [5.74, 6) is -0.0351. The molecule has 2 atom stereocenters. The number of rotatable bonds is 7. The van der Waals surface area contributed by atoms with E-state index in [1.54, 1.807) is 0 Å². The van der Waals surface area contributed by atoms with Crippen LogP contribution in [-0.4, -0.2) is 17.2 Å². The number of unbranched alkanes of at least 4 members (excludes halogenated alkanes) is 2. The maximum atomic E-state index is 12.3. The van der Waals surface area contributed by atoms with Crippen LogP contribution in [0.15, 0.2) is 24.3 Å². The maximum Gasteiger partial charge on any atom is 0.147 e. The topological polar surface area (TPSA) is 40.1 Å². The van der Waals surface area contributed by atoms with Gasteiger partial charge in [-0.3, -0.25) is 4.79 Å². The summed E-state index contributed by atoms with van der Waals surface area (Å²) in [6.07, 6.45) is 12.9. The summed E-state index contributed by atoms with van der Waals surface area (Å²) in [6.45, 7) is 4.14. The molecule has 0 fully saturated rings. The van der Waals surface area contributed by atoms with Crippen LogP contribution in [0.25, 0.3) is 0 Å². The molecule has 0 aromatic heterocycles. The van der Waals surface area contributed by atoms with Crippen molar-refractivity contribution in [3.63, 3.8) is 0 Å². The normalized spacial score (nSPS) is 21.2. The van der Waals surface area contributed by atoms with Gasteiger partial charge in [-0.2, -0.15) is 0 Å². The smallest absolute Gasteiger partial charge is 0.147 e. The van der Waals surface area contributed by atoms with Crippen molar-refractivity contribution in [3.05, 3.63) is 24.3 Å². The molecule has 1 aliphatic carbocycles. The molecular weight excluding hydrogens is 243 g/mol. The van der Waals surface area contributed by atoms with Crippen LogP contribution in [0.4, 0.5) is 0 Å². The van der Waals surface area contributed by atoms with Crippen molar-refractivity contribution in [2.45, 2.75) is 46.0 Å². The summed E-state index contributed by atoms with van der Waals surface area (Å²) < 4.78 is 0. The lowest BCUT2D eigenvalue weighted by atomic mass is 9.93. The molecule has 18 heavy (non-hydrogen) atoms. The minimum atomic E-state index is -1.39. The highest BCUT2D eigenvalue weighted by Crippen LogP contribution is 2.26. The van der Waals surface area contributed by atoms with Crippen molar-refractivity contribution in [3.8, 4) is 0 Å². The Balaban J connectivity index is 2.76. The van der Waals surface area contributed by atoms with Gasteiger partial charge in [0.25, 0.3) is 0 Å². The Morgan fingerprint density at radius 2 is 2.06 bits per heavy atom. The lowest BCUT2D eigenvalue weighted by molar-refractivity contribution is -0.153. The van der Waals surface area contributed by atoms with E-state index in [-0.39, 0.29) is 11.7 Å². The van der Waals surface area contributed by atoms with Crippen molar-refractivity contribution >= 4 is 18.8 Å². The van der Waals surface area contributed by atoms with E-state index in [2.05, 4.69) is 6.92 Å². The van der Waals surface area contributed by atoms with Crippen LogP contribution in [0, 0.1) is 5.92 Å². The first kappa shape index (κ1) is 15.3. The molecule has 0 aromatic rings. The van der Waals surface area contributed by atoms with Crippen LogP contribution < -0.4 is 4.89 Å². The van der Waals surface area contributed by atoms with E-state index in [9.17, 15) is 9.69 Å². The number of allylic oxidation sites excluding steroid dienone is 4. The molecule has 2 nitrogen and oxygen atoms in total. The van der Waals surface area contributed by atoms with E-state index in [1.807, 2.05) is 31.2 Å². The fraction of sp³-hybridized carbons (Fsp3) is 0.600. The first-order valence-corrected chi connectivity index (χ1v) is 8.34. The van der Waals surface area contributed by atoms with Gasteiger partial charge in [-0.15, -0.1) is 0 Å². The Morgan fingerprint density at radius 3 is 2.72 bits per heavy atom. The van der Waals surface area contributed by atoms with Gasteiger partial charge in [0.1, 0.15) is 23.2 Å². The molecule has 0 heterocycles. The molecule has 0 amide bonds. The van der Waals surface area contributed by atoms with Crippen LogP contribution in [0.2, 0.25) is 0 Å². The van der Waals surface area contributed by atoms with Crippen LogP contribution in [-0.2, 0) is 4.79 Å². The molecule has 2 unspecified atom stereocenters. The zero-order valence-corrected chi connectivity index (χ0v) is 12.3. The summed E-state index contributed by atoms with van der Waals surface area (Å²) >= 11 is 0. The molecule has 0 saturated heterocycles. The van der Waals surface area contributed by atoms with E-state index in [4.69, 9.17) is 0 Å². The first-order valence-electron chi connectivity index (χ1n) is 6.89. The lowest BCUT2D eigenvalue weighted by Gasteiger charge is -2.14. The van der Waals surface area contributed by atoms with Gasteiger partial charge in [0, 0.05) is 6.42 Å². The third-order valence-electron chi connectivity index (χ3n) is 3.10. The van der Waals surface area contributed by atoms with E-state index in [0.717, 1.165) is 31.0 Å². The molecule has 0 saturated carbocycles. The predicted molar refractivity (Wildman–Crippen MR) is 78.0 cm³/mol. The fourth-order valence-corrected chi connectivity index (χ4v) is 3.64.